The Kier molecular flexibility index (Phi) is 8.32. The number of hydrogen-bond donors (Lipinski definition) is 0. The van der Waals surface area contributed by atoms with Gasteiger partial charge in [0, 0.05) is 0 Å². The number of ether oxygens (including phenoxy) is 2. The van der Waals surface area contributed by atoms with E-state index in [-0.39, 0.29) is 0 Å². The van der Waals surface area contributed by atoms with Gasteiger partial charge in [0.25, 0.3) is 0 Å². The van der Waals surface area contributed by atoms with Crippen LogP contribution in [0, 0.1) is 0 Å². The molecule has 0 amide bonds. The molecule has 1 heterocycles. The number of rotatable bonds is 2. The van der Waals surface area contributed by atoms with Crippen LogP contribution in [-0.2, 0) is 9.47 Å². The van der Waals surface area contributed by atoms with Crippen LogP contribution < -0.4 is 0 Å². The molecule has 0 aliphatic carbocycles. The third-order valence-corrected chi connectivity index (χ3v) is 1.13. The van der Waals surface area contributed by atoms with E-state index in [1.54, 1.807) is 0 Å². The summed E-state index contributed by atoms with van der Waals surface area (Å²) in [6.45, 7) is 4.42. The highest BCUT2D eigenvalue weighted by Gasteiger charge is 1.74. The molecule has 0 fully saturated rings. The molecule has 0 bridgehead atoms. The molecule has 0 spiro atoms. The fraction of sp³-hybridized carbons (Fsp3) is 0.556. The summed E-state index contributed by atoms with van der Waals surface area (Å²) in [7, 11) is 0. The van der Waals surface area contributed by atoms with Crippen LogP contribution in [0.5, 0.6) is 0 Å². The summed E-state index contributed by atoms with van der Waals surface area (Å²) in [5.41, 5.74) is 0. The lowest BCUT2D eigenvalue weighted by atomic mass is 10.3. The normalized spacial score (nSPS) is 12.5. The van der Waals surface area contributed by atoms with Gasteiger partial charge in [-0.05, 0) is 0 Å². The summed E-state index contributed by atoms with van der Waals surface area (Å²) in [6.07, 6.45) is 9.91. The zero-order valence-corrected chi connectivity index (χ0v) is 7.25. The van der Waals surface area contributed by atoms with Crippen molar-refractivity contribution in [2.75, 3.05) is 0 Å². The lowest BCUT2D eigenvalue weighted by molar-refractivity contribution is 0.290. The van der Waals surface area contributed by atoms with Gasteiger partial charge in [0.1, 0.15) is 25.0 Å². The van der Waals surface area contributed by atoms with Gasteiger partial charge in [-0.2, -0.15) is 0 Å². The Morgan fingerprint density at radius 3 is 1.27 bits per heavy atom. The topological polar surface area (TPSA) is 18.5 Å². The molecule has 0 atom stereocenters. The van der Waals surface area contributed by atoms with Gasteiger partial charge < -0.3 is 9.47 Å². The standard InChI is InChI=1S/C5H12.C4H4O2/c1-3-5-4-2;1-2-6-4-3-5-1/h3-5H2,1-2H3;1-4H. The van der Waals surface area contributed by atoms with E-state index < -0.39 is 0 Å². The second-order valence-electron chi connectivity index (χ2n) is 2.17. The van der Waals surface area contributed by atoms with Gasteiger partial charge in [0.05, 0.1) is 0 Å². The molecule has 1 rings (SSSR count). The van der Waals surface area contributed by atoms with Gasteiger partial charge in [-0.15, -0.1) is 0 Å². The molecule has 0 radical (unpaired) electrons. The monoisotopic (exact) mass is 156 g/mol. The lowest BCUT2D eigenvalue weighted by Crippen LogP contribution is -1.74. The molecule has 2 heteroatoms. The number of hydrogen-bond acceptors (Lipinski definition) is 2. The van der Waals surface area contributed by atoms with Gasteiger partial charge >= 0.3 is 0 Å². The molecule has 11 heavy (non-hydrogen) atoms. The maximum absolute atomic E-state index is 4.58. The van der Waals surface area contributed by atoms with Crippen molar-refractivity contribution >= 4 is 0 Å². The molecule has 2 nitrogen and oxygen atoms in total. The minimum atomic E-state index is 1.34. The Hall–Kier alpha value is -0.920. The maximum Gasteiger partial charge on any atom is 0.125 e. The van der Waals surface area contributed by atoms with E-state index in [1.165, 1.54) is 44.3 Å². The van der Waals surface area contributed by atoms with Crippen LogP contribution in [0.4, 0.5) is 0 Å². The van der Waals surface area contributed by atoms with E-state index >= 15 is 0 Å². The third-order valence-electron chi connectivity index (χ3n) is 1.13. The number of unbranched alkanes of at least 4 members (excludes halogenated alkanes) is 2. The Bertz CT molecular complexity index is 94.7. The average molecular weight is 156 g/mol. The first-order chi connectivity index (χ1) is 5.41. The highest BCUT2D eigenvalue weighted by Crippen LogP contribution is 1.89. The van der Waals surface area contributed by atoms with Crippen LogP contribution in [0.15, 0.2) is 25.0 Å². The summed E-state index contributed by atoms with van der Waals surface area (Å²) in [5.74, 6) is 0. The SMILES string of the molecule is C1=COC=CO1.CCCCC. The Labute approximate surface area is 68.5 Å². The second kappa shape index (κ2) is 9.08. The molecule has 0 N–H and O–H groups in total. The molecule has 0 saturated heterocycles. The third kappa shape index (κ3) is 9.08. The van der Waals surface area contributed by atoms with Crippen molar-refractivity contribution < 1.29 is 9.47 Å². The quantitative estimate of drug-likeness (QED) is 0.611. The maximum atomic E-state index is 4.58. The van der Waals surface area contributed by atoms with Gasteiger partial charge in [0.2, 0.25) is 0 Å². The summed E-state index contributed by atoms with van der Waals surface area (Å²) >= 11 is 0. The minimum Gasteiger partial charge on any atom is -0.466 e. The van der Waals surface area contributed by atoms with Crippen molar-refractivity contribution in [2.24, 2.45) is 0 Å². The molecule has 0 saturated carbocycles. The van der Waals surface area contributed by atoms with Crippen LogP contribution in [-0.4, -0.2) is 0 Å². The molecular weight excluding hydrogens is 140 g/mol. The first kappa shape index (κ1) is 10.1. The average Bonchev–Trinajstić information content (AvgIpc) is 2.10. The molecule has 64 valence electrons. The molecule has 1 aliphatic heterocycles. The van der Waals surface area contributed by atoms with Crippen molar-refractivity contribution in [3.8, 4) is 0 Å². The van der Waals surface area contributed by atoms with E-state index in [0.717, 1.165) is 0 Å². The van der Waals surface area contributed by atoms with Gasteiger partial charge in [-0.25, -0.2) is 0 Å². The fourth-order valence-electron chi connectivity index (χ4n) is 0.573. The van der Waals surface area contributed by atoms with E-state index in [9.17, 15) is 0 Å². The van der Waals surface area contributed by atoms with Gasteiger partial charge in [0.15, 0.2) is 0 Å². The predicted octanol–water partition coefficient (Wildman–Crippen LogP) is 3.17. The lowest BCUT2D eigenvalue weighted by Gasteiger charge is -1.94. The molecular formula is C9H16O2. The highest BCUT2D eigenvalue weighted by atomic mass is 16.5. The smallest absolute Gasteiger partial charge is 0.125 e. The zero-order chi connectivity index (χ0) is 8.36. The summed E-state index contributed by atoms with van der Waals surface area (Å²) < 4.78 is 9.17. The van der Waals surface area contributed by atoms with Crippen LogP contribution >= 0.6 is 0 Å². The molecule has 1 aliphatic rings. The first-order valence-electron chi connectivity index (χ1n) is 4.02. The second-order valence-corrected chi connectivity index (χ2v) is 2.17. The molecule has 0 unspecified atom stereocenters. The Balaban J connectivity index is 0.000000187. The van der Waals surface area contributed by atoms with Crippen LogP contribution in [0.3, 0.4) is 0 Å². The molecule has 0 aromatic rings. The van der Waals surface area contributed by atoms with E-state index in [0.29, 0.717) is 0 Å². The van der Waals surface area contributed by atoms with Crippen LogP contribution in [0.1, 0.15) is 33.1 Å². The predicted molar refractivity (Wildman–Crippen MR) is 45.6 cm³/mol. The highest BCUT2D eigenvalue weighted by molar-refractivity contribution is 4.77. The van der Waals surface area contributed by atoms with Crippen molar-refractivity contribution in [3.63, 3.8) is 0 Å². The van der Waals surface area contributed by atoms with Crippen molar-refractivity contribution in [1.82, 2.24) is 0 Å². The molecule has 0 aromatic heterocycles. The van der Waals surface area contributed by atoms with Crippen molar-refractivity contribution in [3.05, 3.63) is 25.0 Å². The largest absolute Gasteiger partial charge is 0.466 e. The Morgan fingerprint density at radius 1 is 0.818 bits per heavy atom. The first-order valence-corrected chi connectivity index (χ1v) is 4.02. The van der Waals surface area contributed by atoms with Crippen LogP contribution in [0.2, 0.25) is 0 Å². The van der Waals surface area contributed by atoms with E-state index in [2.05, 4.69) is 23.3 Å². The van der Waals surface area contributed by atoms with Crippen LogP contribution in [0.25, 0.3) is 0 Å². The molecule has 0 aromatic carbocycles. The summed E-state index contributed by atoms with van der Waals surface area (Å²) in [6, 6.07) is 0. The summed E-state index contributed by atoms with van der Waals surface area (Å²) in [5, 5.41) is 0. The fourth-order valence-corrected chi connectivity index (χ4v) is 0.573. The summed E-state index contributed by atoms with van der Waals surface area (Å²) in [4.78, 5) is 0. The van der Waals surface area contributed by atoms with Gasteiger partial charge in [-0.1, -0.05) is 33.1 Å². The van der Waals surface area contributed by atoms with Gasteiger partial charge in [-0.3, -0.25) is 0 Å². The van der Waals surface area contributed by atoms with E-state index in [4.69, 9.17) is 0 Å². The zero-order valence-electron chi connectivity index (χ0n) is 7.25. The van der Waals surface area contributed by atoms with Crippen molar-refractivity contribution in [1.29, 1.82) is 0 Å². The van der Waals surface area contributed by atoms with E-state index in [1.807, 2.05) is 0 Å². The van der Waals surface area contributed by atoms with Crippen molar-refractivity contribution in [2.45, 2.75) is 33.1 Å². The Morgan fingerprint density at radius 2 is 1.18 bits per heavy atom. The minimum absolute atomic E-state index is 1.34.